The first-order valence-electron chi connectivity index (χ1n) is 15.0. The lowest BCUT2D eigenvalue weighted by Gasteiger charge is -2.24. The zero-order valence-corrected chi connectivity index (χ0v) is 25.7. The summed E-state index contributed by atoms with van der Waals surface area (Å²) >= 11 is 0. The molecule has 0 saturated heterocycles. The van der Waals surface area contributed by atoms with Crippen LogP contribution in [0.25, 0.3) is 11.4 Å². The number of nitrogens with zero attached hydrogens (tertiary/aromatic N) is 3. The van der Waals surface area contributed by atoms with Crippen molar-refractivity contribution in [2.75, 3.05) is 13.1 Å². The molecule has 0 unspecified atom stereocenters. The van der Waals surface area contributed by atoms with Gasteiger partial charge in [0, 0.05) is 43.5 Å². The van der Waals surface area contributed by atoms with E-state index in [1.54, 1.807) is 6.20 Å². The predicted octanol–water partition coefficient (Wildman–Crippen LogP) is -0.660. The lowest BCUT2D eigenvalue weighted by atomic mass is 10.1. The van der Waals surface area contributed by atoms with Crippen molar-refractivity contribution in [3.8, 4) is 11.4 Å². The molecule has 46 heavy (non-hydrogen) atoms. The van der Waals surface area contributed by atoms with E-state index in [1.807, 2.05) is 60.7 Å². The monoisotopic (exact) mass is 632 g/mol. The third kappa shape index (κ3) is 12.3. The molecule has 3 atom stereocenters. The molecule has 0 radical (unpaired) electrons. The molecule has 0 aliphatic carbocycles. The molecule has 3 rings (SSSR count). The van der Waals surface area contributed by atoms with Crippen molar-refractivity contribution in [2.45, 2.75) is 56.8 Å². The maximum atomic E-state index is 13.8. The van der Waals surface area contributed by atoms with Gasteiger partial charge in [-0.05, 0) is 31.2 Å². The Kier molecular flexibility index (Phi) is 14.0. The van der Waals surface area contributed by atoms with Crippen molar-refractivity contribution in [3.05, 3.63) is 78.1 Å². The minimum absolute atomic E-state index is 0.0511. The molecule has 0 bridgehead atoms. The number of aliphatic imine (C=N–C) groups is 2. The van der Waals surface area contributed by atoms with E-state index in [1.165, 1.54) is 0 Å². The molecule has 0 aliphatic rings. The second kappa shape index (κ2) is 18.4. The highest BCUT2D eigenvalue weighted by atomic mass is 16.2. The number of aromatic amines is 1. The van der Waals surface area contributed by atoms with Gasteiger partial charge in [0.1, 0.15) is 17.9 Å². The number of nitrogens with two attached hydrogens (primary N) is 5. The fourth-order valence-electron chi connectivity index (χ4n) is 4.52. The van der Waals surface area contributed by atoms with Gasteiger partial charge in [0.15, 0.2) is 11.9 Å². The standard InChI is InChI=1S/C31H44N12O3/c32-23(13-7-15-37-30(33)34)27(44)43-25(17-22-19-39-26(41-22)21-11-5-2-6-12-21)29(46)42-24(14-8-16-38-31(35)36)28(45)40-18-20-9-3-1-4-10-20/h1-6,9-12,19,23-25H,7-8,13-18,32H2,(H,39,41)(H,40,45)(H,42,46)(H,43,44)(H4,33,34,37)(H4,35,36,38)/t23-,24-,25-/m0/s1. The van der Waals surface area contributed by atoms with E-state index < -0.39 is 35.8 Å². The topological polar surface area (TPSA) is 271 Å². The molecule has 0 fully saturated rings. The number of carbonyl (C=O) groups is 3. The van der Waals surface area contributed by atoms with Crippen LogP contribution in [0.2, 0.25) is 0 Å². The third-order valence-electron chi connectivity index (χ3n) is 6.92. The van der Waals surface area contributed by atoms with Gasteiger partial charge in [-0.15, -0.1) is 0 Å². The summed E-state index contributed by atoms with van der Waals surface area (Å²) in [4.78, 5) is 55.7. The molecule has 0 spiro atoms. The van der Waals surface area contributed by atoms with Crippen LogP contribution in [0.15, 0.2) is 76.8 Å². The quantitative estimate of drug-likeness (QED) is 0.0488. The number of hydrogen-bond acceptors (Lipinski definition) is 7. The Balaban J connectivity index is 1.76. The molecule has 15 nitrogen and oxygen atoms in total. The first-order valence-corrected chi connectivity index (χ1v) is 15.0. The minimum Gasteiger partial charge on any atom is -0.370 e. The lowest BCUT2D eigenvalue weighted by molar-refractivity contribution is -0.132. The van der Waals surface area contributed by atoms with Gasteiger partial charge in [0.05, 0.1) is 6.04 Å². The summed E-state index contributed by atoms with van der Waals surface area (Å²) in [5, 5.41) is 8.43. The van der Waals surface area contributed by atoms with Crippen LogP contribution in [0.4, 0.5) is 0 Å². The molecule has 1 heterocycles. The third-order valence-corrected chi connectivity index (χ3v) is 6.92. The van der Waals surface area contributed by atoms with Crippen LogP contribution in [0.3, 0.4) is 0 Å². The minimum atomic E-state index is -1.08. The van der Waals surface area contributed by atoms with E-state index >= 15 is 0 Å². The molecule has 15 heteroatoms. The second-order valence-electron chi connectivity index (χ2n) is 10.7. The number of imidazole rings is 1. The van der Waals surface area contributed by atoms with Crippen molar-refractivity contribution < 1.29 is 14.4 Å². The summed E-state index contributed by atoms with van der Waals surface area (Å²) in [6.45, 7) is 0.848. The van der Waals surface area contributed by atoms with Gasteiger partial charge < -0.3 is 49.6 Å². The van der Waals surface area contributed by atoms with E-state index in [9.17, 15) is 14.4 Å². The predicted molar refractivity (Wildman–Crippen MR) is 178 cm³/mol. The van der Waals surface area contributed by atoms with Crippen molar-refractivity contribution in [1.82, 2.24) is 25.9 Å². The molecule has 3 amide bonds. The highest BCUT2D eigenvalue weighted by Crippen LogP contribution is 2.16. The first-order chi connectivity index (χ1) is 22.1. The van der Waals surface area contributed by atoms with Gasteiger partial charge in [-0.3, -0.25) is 24.4 Å². The largest absolute Gasteiger partial charge is 0.370 e. The Morgan fingerprint density at radius 2 is 1.35 bits per heavy atom. The summed E-state index contributed by atoms with van der Waals surface area (Å²) in [7, 11) is 0. The maximum Gasteiger partial charge on any atom is 0.243 e. The maximum absolute atomic E-state index is 13.8. The molecule has 0 saturated carbocycles. The second-order valence-corrected chi connectivity index (χ2v) is 10.7. The Morgan fingerprint density at radius 1 is 0.761 bits per heavy atom. The van der Waals surface area contributed by atoms with Crippen molar-refractivity contribution >= 4 is 29.6 Å². The van der Waals surface area contributed by atoms with Crippen molar-refractivity contribution in [2.24, 2.45) is 38.7 Å². The summed E-state index contributed by atoms with van der Waals surface area (Å²) in [5.74, 6) is -1.01. The van der Waals surface area contributed by atoms with Gasteiger partial charge in [-0.1, -0.05) is 60.7 Å². The Morgan fingerprint density at radius 3 is 1.98 bits per heavy atom. The molecule has 14 N–H and O–H groups in total. The number of hydrogen-bond donors (Lipinski definition) is 9. The summed E-state index contributed by atoms with van der Waals surface area (Å²) < 4.78 is 0. The van der Waals surface area contributed by atoms with Gasteiger partial charge in [-0.25, -0.2) is 4.98 Å². The van der Waals surface area contributed by atoms with E-state index in [-0.39, 0.29) is 44.3 Å². The van der Waals surface area contributed by atoms with Crippen LogP contribution >= 0.6 is 0 Å². The number of rotatable bonds is 18. The lowest BCUT2D eigenvalue weighted by Crippen LogP contribution is -2.56. The van der Waals surface area contributed by atoms with E-state index in [4.69, 9.17) is 28.7 Å². The fourth-order valence-corrected chi connectivity index (χ4v) is 4.52. The average Bonchev–Trinajstić information content (AvgIpc) is 3.52. The van der Waals surface area contributed by atoms with E-state index in [0.717, 1.165) is 11.1 Å². The zero-order chi connectivity index (χ0) is 33.3. The van der Waals surface area contributed by atoms with Crippen LogP contribution in [-0.2, 0) is 27.3 Å². The Hall–Kier alpha value is -5.44. The van der Waals surface area contributed by atoms with Crippen LogP contribution in [0, 0.1) is 0 Å². The number of guanidine groups is 2. The average molecular weight is 633 g/mol. The summed E-state index contributed by atoms with van der Waals surface area (Å²) in [6, 6.07) is 15.9. The number of carbonyl (C=O) groups excluding carboxylic acids is 3. The van der Waals surface area contributed by atoms with Crippen molar-refractivity contribution in [1.29, 1.82) is 0 Å². The number of H-pyrrole nitrogens is 1. The zero-order valence-electron chi connectivity index (χ0n) is 25.7. The Bertz CT molecular complexity index is 1450. The number of aromatic nitrogens is 2. The molecule has 246 valence electrons. The normalized spacial score (nSPS) is 12.6. The summed E-state index contributed by atoms with van der Waals surface area (Å²) in [5.41, 5.74) is 30.1. The van der Waals surface area contributed by atoms with Gasteiger partial charge in [0.2, 0.25) is 17.7 Å². The fraction of sp³-hybridized carbons (Fsp3) is 0.355. The number of benzene rings is 2. The number of nitrogens with one attached hydrogen (secondary N) is 4. The summed E-state index contributed by atoms with van der Waals surface area (Å²) in [6.07, 6.45) is 3.07. The molecular formula is C31H44N12O3. The van der Waals surface area contributed by atoms with E-state index in [0.29, 0.717) is 30.9 Å². The van der Waals surface area contributed by atoms with Crippen LogP contribution in [0.5, 0.6) is 0 Å². The smallest absolute Gasteiger partial charge is 0.243 e. The van der Waals surface area contributed by atoms with Gasteiger partial charge in [-0.2, -0.15) is 0 Å². The first kappa shape index (κ1) is 35.0. The molecule has 3 aromatic rings. The SMILES string of the molecule is NC(N)=NCCC[C@H](NC(=O)[C@H](Cc1cnc(-c2ccccc2)[nH]1)NC(=O)[C@@H](N)CCCN=C(N)N)C(=O)NCc1ccccc1. The highest BCUT2D eigenvalue weighted by molar-refractivity contribution is 5.93. The molecule has 0 aliphatic heterocycles. The number of amides is 3. The van der Waals surface area contributed by atoms with Gasteiger partial charge >= 0.3 is 0 Å². The van der Waals surface area contributed by atoms with Crippen LogP contribution < -0.4 is 44.6 Å². The Labute approximate surface area is 267 Å². The highest BCUT2D eigenvalue weighted by Gasteiger charge is 2.29. The van der Waals surface area contributed by atoms with Crippen molar-refractivity contribution in [3.63, 3.8) is 0 Å². The molecule has 2 aromatic carbocycles. The molecular weight excluding hydrogens is 588 g/mol. The van der Waals surface area contributed by atoms with Gasteiger partial charge in [0.25, 0.3) is 0 Å². The van der Waals surface area contributed by atoms with E-state index in [2.05, 4.69) is 35.9 Å². The van der Waals surface area contributed by atoms with Crippen LogP contribution in [-0.4, -0.2) is 70.8 Å². The van der Waals surface area contributed by atoms with Crippen LogP contribution in [0.1, 0.15) is 36.9 Å². The molecule has 1 aromatic heterocycles.